The van der Waals surface area contributed by atoms with E-state index in [1.807, 2.05) is 24.4 Å². The molecule has 0 unspecified atom stereocenters. The van der Waals surface area contributed by atoms with Crippen molar-refractivity contribution in [2.75, 3.05) is 19.6 Å². The van der Waals surface area contributed by atoms with E-state index in [0.29, 0.717) is 6.04 Å². The highest BCUT2D eigenvalue weighted by molar-refractivity contribution is 7.13. The van der Waals surface area contributed by atoms with E-state index in [4.69, 9.17) is 4.98 Å². The maximum Gasteiger partial charge on any atom is 0.142 e. The van der Waals surface area contributed by atoms with Gasteiger partial charge in [0.15, 0.2) is 0 Å². The van der Waals surface area contributed by atoms with Gasteiger partial charge in [0.05, 0.1) is 11.4 Å². The molecule has 1 N–H and O–H groups in total. The van der Waals surface area contributed by atoms with E-state index in [9.17, 15) is 0 Å². The van der Waals surface area contributed by atoms with Gasteiger partial charge in [-0.3, -0.25) is 9.88 Å². The van der Waals surface area contributed by atoms with Gasteiger partial charge in [-0.05, 0) is 19.1 Å². The van der Waals surface area contributed by atoms with Crippen LogP contribution >= 0.6 is 11.3 Å². The molecular weight excluding hydrogens is 256 g/mol. The molecule has 3 rings (SSSR count). The summed E-state index contributed by atoms with van der Waals surface area (Å²) in [5.41, 5.74) is 2.12. The van der Waals surface area contributed by atoms with Crippen molar-refractivity contribution in [2.45, 2.75) is 19.5 Å². The fourth-order valence-electron chi connectivity index (χ4n) is 2.37. The molecule has 2 aromatic rings. The Kier molecular flexibility index (Phi) is 3.87. The van der Waals surface area contributed by atoms with E-state index in [1.165, 1.54) is 0 Å². The summed E-state index contributed by atoms with van der Waals surface area (Å²) >= 11 is 1.68. The van der Waals surface area contributed by atoms with Crippen LogP contribution in [0.5, 0.6) is 0 Å². The van der Waals surface area contributed by atoms with E-state index in [-0.39, 0.29) is 0 Å². The minimum atomic E-state index is 0.572. The zero-order valence-electron chi connectivity index (χ0n) is 11.0. The summed E-state index contributed by atoms with van der Waals surface area (Å²) < 4.78 is 0. The summed E-state index contributed by atoms with van der Waals surface area (Å²) in [4.78, 5) is 11.5. The summed E-state index contributed by atoms with van der Waals surface area (Å²) in [5, 5.41) is 6.62. The van der Waals surface area contributed by atoms with Gasteiger partial charge in [0.25, 0.3) is 0 Å². The molecule has 0 amide bonds. The number of rotatable bonds is 3. The number of piperazine rings is 1. The van der Waals surface area contributed by atoms with Crippen molar-refractivity contribution >= 4 is 11.3 Å². The first kappa shape index (κ1) is 12.7. The zero-order valence-corrected chi connectivity index (χ0v) is 11.9. The first-order chi connectivity index (χ1) is 9.31. The summed E-state index contributed by atoms with van der Waals surface area (Å²) in [7, 11) is 0. The van der Waals surface area contributed by atoms with Crippen LogP contribution in [0.15, 0.2) is 29.8 Å². The van der Waals surface area contributed by atoms with Gasteiger partial charge in [-0.15, -0.1) is 11.3 Å². The maximum atomic E-state index is 4.69. The molecule has 5 heteroatoms. The topological polar surface area (TPSA) is 41.1 Å². The molecule has 100 valence electrons. The van der Waals surface area contributed by atoms with Crippen LogP contribution in [0, 0.1) is 0 Å². The van der Waals surface area contributed by atoms with Crippen molar-refractivity contribution in [3.05, 3.63) is 35.5 Å². The molecule has 1 aliphatic rings. The Morgan fingerprint density at radius 2 is 2.42 bits per heavy atom. The van der Waals surface area contributed by atoms with Crippen LogP contribution in [0.4, 0.5) is 0 Å². The molecule has 0 bridgehead atoms. The number of pyridine rings is 1. The van der Waals surface area contributed by atoms with Gasteiger partial charge < -0.3 is 5.32 Å². The fourth-order valence-corrected chi connectivity index (χ4v) is 3.16. The van der Waals surface area contributed by atoms with E-state index in [0.717, 1.165) is 42.6 Å². The predicted octanol–water partition coefficient (Wildman–Crippen LogP) is 2.00. The fraction of sp³-hybridized carbons (Fsp3) is 0.429. The van der Waals surface area contributed by atoms with Crippen LogP contribution in [0.1, 0.15) is 12.6 Å². The molecule has 0 aliphatic carbocycles. The molecule has 3 heterocycles. The Bertz CT molecular complexity index is 525. The Morgan fingerprint density at radius 1 is 1.47 bits per heavy atom. The van der Waals surface area contributed by atoms with Crippen LogP contribution in [0.2, 0.25) is 0 Å². The normalized spacial score (nSPS) is 20.6. The average Bonchev–Trinajstić information content (AvgIpc) is 2.88. The molecule has 0 spiro atoms. The Balaban J connectivity index is 1.68. The van der Waals surface area contributed by atoms with Gasteiger partial charge >= 0.3 is 0 Å². The largest absolute Gasteiger partial charge is 0.312 e. The van der Waals surface area contributed by atoms with E-state index >= 15 is 0 Å². The minimum Gasteiger partial charge on any atom is -0.312 e. The van der Waals surface area contributed by atoms with Gasteiger partial charge in [0, 0.05) is 43.8 Å². The quantitative estimate of drug-likeness (QED) is 0.929. The van der Waals surface area contributed by atoms with Crippen LogP contribution in [-0.2, 0) is 6.54 Å². The molecule has 19 heavy (non-hydrogen) atoms. The lowest BCUT2D eigenvalue weighted by Crippen LogP contribution is -2.48. The first-order valence-electron chi connectivity index (χ1n) is 6.63. The highest BCUT2D eigenvalue weighted by Crippen LogP contribution is 2.22. The number of hydrogen-bond acceptors (Lipinski definition) is 5. The summed E-state index contributed by atoms with van der Waals surface area (Å²) in [5.74, 6) is 0. The van der Waals surface area contributed by atoms with Crippen molar-refractivity contribution in [2.24, 2.45) is 0 Å². The van der Waals surface area contributed by atoms with E-state index < -0.39 is 0 Å². The Labute approximate surface area is 117 Å². The Hall–Kier alpha value is -1.30. The van der Waals surface area contributed by atoms with Crippen molar-refractivity contribution in [1.29, 1.82) is 0 Å². The predicted molar refractivity (Wildman–Crippen MR) is 78.1 cm³/mol. The lowest BCUT2D eigenvalue weighted by molar-refractivity contribution is 0.198. The van der Waals surface area contributed by atoms with Crippen molar-refractivity contribution in [1.82, 2.24) is 20.2 Å². The molecule has 1 aliphatic heterocycles. The molecular formula is C14H18N4S. The molecule has 4 nitrogen and oxygen atoms in total. The zero-order chi connectivity index (χ0) is 13.1. The molecule has 2 aromatic heterocycles. The molecule has 0 radical (unpaired) electrons. The van der Waals surface area contributed by atoms with E-state index in [1.54, 1.807) is 11.3 Å². The summed E-state index contributed by atoms with van der Waals surface area (Å²) in [6.07, 6.45) is 1.81. The molecule has 0 saturated carbocycles. The second kappa shape index (κ2) is 5.77. The van der Waals surface area contributed by atoms with Gasteiger partial charge in [-0.1, -0.05) is 6.07 Å². The van der Waals surface area contributed by atoms with Crippen LogP contribution in [0.3, 0.4) is 0 Å². The van der Waals surface area contributed by atoms with Crippen LogP contribution in [-0.4, -0.2) is 40.5 Å². The molecule has 1 saturated heterocycles. The standard InChI is InChI=1S/C14H18N4S/c1-11-8-18(7-6-15-11)9-12-10-19-14(17-12)13-4-2-3-5-16-13/h2-5,10-11,15H,6-9H2,1H3/t11-/m0/s1. The monoisotopic (exact) mass is 274 g/mol. The van der Waals surface area contributed by atoms with Crippen molar-refractivity contribution < 1.29 is 0 Å². The molecule has 0 aromatic carbocycles. The average molecular weight is 274 g/mol. The number of thiazole rings is 1. The van der Waals surface area contributed by atoms with Gasteiger partial charge in [0.1, 0.15) is 5.01 Å². The number of aromatic nitrogens is 2. The van der Waals surface area contributed by atoms with Gasteiger partial charge in [-0.2, -0.15) is 0 Å². The van der Waals surface area contributed by atoms with Crippen molar-refractivity contribution in [3.8, 4) is 10.7 Å². The summed E-state index contributed by atoms with van der Waals surface area (Å²) in [6, 6.07) is 6.51. The lowest BCUT2D eigenvalue weighted by atomic mass is 10.2. The number of nitrogens with zero attached hydrogens (tertiary/aromatic N) is 3. The maximum absolute atomic E-state index is 4.69. The lowest BCUT2D eigenvalue weighted by Gasteiger charge is -2.31. The number of nitrogens with one attached hydrogen (secondary N) is 1. The third-order valence-corrected chi connectivity index (χ3v) is 4.19. The SMILES string of the molecule is C[C@H]1CN(Cc2csc(-c3ccccn3)n2)CCN1. The second-order valence-electron chi connectivity index (χ2n) is 4.95. The highest BCUT2D eigenvalue weighted by atomic mass is 32.1. The van der Waals surface area contributed by atoms with Crippen LogP contribution < -0.4 is 5.32 Å². The van der Waals surface area contributed by atoms with Crippen LogP contribution in [0.25, 0.3) is 10.7 Å². The first-order valence-corrected chi connectivity index (χ1v) is 7.51. The van der Waals surface area contributed by atoms with Gasteiger partial charge in [-0.25, -0.2) is 4.98 Å². The third-order valence-electron chi connectivity index (χ3n) is 3.27. The van der Waals surface area contributed by atoms with E-state index in [2.05, 4.69) is 27.5 Å². The highest BCUT2D eigenvalue weighted by Gasteiger charge is 2.16. The summed E-state index contributed by atoms with van der Waals surface area (Å²) in [6.45, 7) is 6.43. The smallest absolute Gasteiger partial charge is 0.142 e. The Morgan fingerprint density at radius 3 is 3.21 bits per heavy atom. The second-order valence-corrected chi connectivity index (χ2v) is 5.81. The minimum absolute atomic E-state index is 0.572. The molecule has 1 fully saturated rings. The van der Waals surface area contributed by atoms with Gasteiger partial charge in [0.2, 0.25) is 0 Å². The third kappa shape index (κ3) is 3.18. The number of hydrogen-bond donors (Lipinski definition) is 1. The molecule has 1 atom stereocenters. The van der Waals surface area contributed by atoms with Crippen molar-refractivity contribution in [3.63, 3.8) is 0 Å².